The summed E-state index contributed by atoms with van der Waals surface area (Å²) >= 11 is 0. The highest BCUT2D eigenvalue weighted by Crippen LogP contribution is 2.07. The quantitative estimate of drug-likeness (QED) is 0.750. The minimum atomic E-state index is -0.674. The summed E-state index contributed by atoms with van der Waals surface area (Å²) in [5, 5.41) is 0. The van der Waals surface area contributed by atoms with E-state index >= 15 is 0 Å². The summed E-state index contributed by atoms with van der Waals surface area (Å²) in [4.78, 5) is 25.4. The molecule has 1 aromatic rings. The predicted molar refractivity (Wildman–Crippen MR) is 61.6 cm³/mol. The average molecular weight is 242 g/mol. The van der Waals surface area contributed by atoms with Crippen LogP contribution in [0.25, 0.3) is 0 Å². The van der Waals surface area contributed by atoms with Gasteiger partial charge in [-0.2, -0.15) is 0 Å². The zero-order valence-corrected chi connectivity index (χ0v) is 10.6. The second kappa shape index (κ2) is 5.67. The van der Waals surface area contributed by atoms with Crippen LogP contribution in [-0.2, 0) is 11.3 Å². The Morgan fingerprint density at radius 3 is 2.35 bits per heavy atom. The molecular weight excluding hydrogens is 224 g/mol. The third-order valence-corrected chi connectivity index (χ3v) is 2.60. The molecule has 0 atom stereocenters. The number of hydrogen-bond acceptors (Lipinski definition) is 5. The Balaban J connectivity index is 2.45. The third kappa shape index (κ3) is 4.07. The van der Waals surface area contributed by atoms with E-state index in [1.807, 2.05) is 11.9 Å². The van der Waals surface area contributed by atoms with Gasteiger partial charge in [0.15, 0.2) is 5.76 Å². The summed E-state index contributed by atoms with van der Waals surface area (Å²) in [7, 11) is 3.64. The van der Waals surface area contributed by atoms with E-state index in [2.05, 4.69) is 0 Å². The first-order valence-corrected chi connectivity index (χ1v) is 5.40. The fraction of sp³-hybridized carbons (Fsp3) is 0.636. The number of likely N-dealkylation sites (N-methyl/N-ethyl adjacent to an activating group) is 2. The van der Waals surface area contributed by atoms with Gasteiger partial charge in [-0.15, -0.1) is 0 Å². The summed E-state index contributed by atoms with van der Waals surface area (Å²) in [5.41, 5.74) is 0. The predicted octanol–water partition coefficient (Wildman–Crippen LogP) is 0.451. The third-order valence-electron chi connectivity index (χ3n) is 2.60. The molecule has 1 heterocycles. The topological polar surface area (TPSA) is 66.9 Å². The second-order valence-electron chi connectivity index (χ2n) is 4.11. The van der Waals surface area contributed by atoms with Crippen LogP contribution in [0.2, 0.25) is 0 Å². The van der Waals surface area contributed by atoms with E-state index in [0.29, 0.717) is 31.2 Å². The summed E-state index contributed by atoms with van der Waals surface area (Å²) in [6.45, 7) is 5.04. The van der Waals surface area contributed by atoms with Gasteiger partial charge < -0.3 is 13.7 Å². The highest BCUT2D eigenvalue weighted by molar-refractivity contribution is 5.72. The maximum atomic E-state index is 11.0. The molecule has 0 unspecified atom stereocenters. The van der Waals surface area contributed by atoms with Crippen LogP contribution in [0, 0.1) is 6.92 Å². The highest BCUT2D eigenvalue weighted by Gasteiger charge is 2.11. The second-order valence-corrected chi connectivity index (χ2v) is 4.11. The molecule has 0 aliphatic carbocycles. The molecule has 96 valence electrons. The van der Waals surface area contributed by atoms with Gasteiger partial charge in [-0.3, -0.25) is 9.69 Å². The molecule has 0 fully saturated rings. The van der Waals surface area contributed by atoms with Crippen LogP contribution in [0.3, 0.4) is 0 Å². The van der Waals surface area contributed by atoms with Crippen molar-refractivity contribution in [3.63, 3.8) is 0 Å². The largest absolute Gasteiger partial charge is 0.519 e. The van der Waals surface area contributed by atoms with Crippen LogP contribution in [0.5, 0.6) is 0 Å². The molecule has 0 radical (unpaired) electrons. The fourth-order valence-electron chi connectivity index (χ4n) is 1.32. The van der Waals surface area contributed by atoms with E-state index in [1.54, 1.807) is 18.9 Å². The molecule has 0 N–H and O–H groups in total. The van der Waals surface area contributed by atoms with Crippen LogP contribution < -0.4 is 5.82 Å². The SMILES string of the molecule is CC(=O)N(C)CCN(C)Cc1oc(=O)oc1C. The Morgan fingerprint density at radius 2 is 1.88 bits per heavy atom. The van der Waals surface area contributed by atoms with Gasteiger partial charge in [0, 0.05) is 27.1 Å². The minimum absolute atomic E-state index is 0.0319. The number of hydrogen-bond donors (Lipinski definition) is 0. The summed E-state index contributed by atoms with van der Waals surface area (Å²) in [5.74, 6) is 0.390. The van der Waals surface area contributed by atoms with Crippen molar-refractivity contribution in [1.29, 1.82) is 0 Å². The Bertz CT molecular complexity index is 435. The van der Waals surface area contributed by atoms with E-state index in [4.69, 9.17) is 8.83 Å². The van der Waals surface area contributed by atoms with E-state index < -0.39 is 5.82 Å². The van der Waals surface area contributed by atoms with Gasteiger partial charge in [-0.05, 0) is 14.0 Å². The standard InChI is InChI=1S/C11H18N2O4/c1-8-10(17-11(15)16-8)7-12(3)5-6-13(4)9(2)14/h5-7H2,1-4H3. The first kappa shape index (κ1) is 13.5. The molecule has 0 aliphatic heterocycles. The summed E-state index contributed by atoms with van der Waals surface area (Å²) < 4.78 is 9.66. The Morgan fingerprint density at radius 1 is 1.24 bits per heavy atom. The summed E-state index contributed by atoms with van der Waals surface area (Å²) in [6, 6.07) is 0. The van der Waals surface area contributed by atoms with Gasteiger partial charge in [0.1, 0.15) is 5.76 Å². The molecule has 1 rings (SSSR count). The van der Waals surface area contributed by atoms with Gasteiger partial charge in [-0.1, -0.05) is 0 Å². The normalized spacial score (nSPS) is 10.9. The first-order chi connectivity index (χ1) is 7.90. The van der Waals surface area contributed by atoms with Crippen molar-refractivity contribution in [2.75, 3.05) is 27.2 Å². The van der Waals surface area contributed by atoms with Crippen molar-refractivity contribution in [3.8, 4) is 0 Å². The monoisotopic (exact) mass is 242 g/mol. The molecule has 0 spiro atoms. The molecule has 0 aromatic carbocycles. The van der Waals surface area contributed by atoms with Crippen molar-refractivity contribution in [2.45, 2.75) is 20.4 Å². The van der Waals surface area contributed by atoms with Crippen LogP contribution in [0.4, 0.5) is 0 Å². The van der Waals surface area contributed by atoms with Crippen LogP contribution in [0.15, 0.2) is 13.6 Å². The molecular formula is C11H18N2O4. The van der Waals surface area contributed by atoms with Gasteiger partial charge >= 0.3 is 5.82 Å². The van der Waals surface area contributed by atoms with Crippen LogP contribution in [0.1, 0.15) is 18.4 Å². The smallest absolute Gasteiger partial charge is 0.396 e. The molecule has 0 saturated heterocycles. The number of carbonyl (C=O) groups is 1. The number of carbonyl (C=O) groups excluding carboxylic acids is 1. The van der Waals surface area contributed by atoms with Gasteiger partial charge in [0.2, 0.25) is 5.91 Å². The molecule has 0 aliphatic rings. The molecule has 6 nitrogen and oxygen atoms in total. The molecule has 1 amide bonds. The van der Waals surface area contributed by atoms with Crippen LogP contribution in [-0.4, -0.2) is 42.9 Å². The minimum Gasteiger partial charge on any atom is -0.396 e. The number of amides is 1. The van der Waals surface area contributed by atoms with Crippen molar-refractivity contribution in [3.05, 3.63) is 22.1 Å². The van der Waals surface area contributed by atoms with Gasteiger partial charge in [-0.25, -0.2) is 4.79 Å². The zero-order chi connectivity index (χ0) is 13.0. The van der Waals surface area contributed by atoms with E-state index in [-0.39, 0.29) is 5.91 Å². The van der Waals surface area contributed by atoms with Crippen molar-refractivity contribution in [2.24, 2.45) is 0 Å². The lowest BCUT2D eigenvalue weighted by Gasteiger charge is -2.20. The molecule has 6 heteroatoms. The maximum Gasteiger partial charge on any atom is 0.519 e. The lowest BCUT2D eigenvalue weighted by molar-refractivity contribution is -0.127. The zero-order valence-electron chi connectivity index (χ0n) is 10.6. The lowest BCUT2D eigenvalue weighted by Crippen LogP contribution is -2.33. The first-order valence-electron chi connectivity index (χ1n) is 5.40. The number of nitrogens with zero attached hydrogens (tertiary/aromatic N) is 2. The summed E-state index contributed by atoms with van der Waals surface area (Å²) in [6.07, 6.45) is 0. The molecule has 0 bridgehead atoms. The highest BCUT2D eigenvalue weighted by atomic mass is 16.6. The fourth-order valence-corrected chi connectivity index (χ4v) is 1.32. The molecule has 17 heavy (non-hydrogen) atoms. The molecule has 1 aromatic heterocycles. The van der Waals surface area contributed by atoms with Crippen molar-refractivity contribution >= 4 is 5.91 Å². The lowest BCUT2D eigenvalue weighted by atomic mass is 10.3. The molecule has 0 saturated carbocycles. The van der Waals surface area contributed by atoms with Gasteiger partial charge in [0.05, 0.1) is 6.54 Å². The van der Waals surface area contributed by atoms with Gasteiger partial charge in [0.25, 0.3) is 0 Å². The maximum absolute atomic E-state index is 11.0. The van der Waals surface area contributed by atoms with E-state index in [1.165, 1.54) is 6.92 Å². The van der Waals surface area contributed by atoms with E-state index in [9.17, 15) is 9.59 Å². The van der Waals surface area contributed by atoms with Crippen molar-refractivity contribution in [1.82, 2.24) is 9.80 Å². The van der Waals surface area contributed by atoms with Crippen LogP contribution >= 0.6 is 0 Å². The van der Waals surface area contributed by atoms with E-state index in [0.717, 1.165) is 0 Å². The number of aryl methyl sites for hydroxylation is 1. The average Bonchev–Trinajstić information content (AvgIpc) is 2.53. The Labute approximate surface area is 99.8 Å². The number of rotatable bonds is 5. The Kier molecular flexibility index (Phi) is 4.51. The Hall–Kier alpha value is -1.56. The van der Waals surface area contributed by atoms with Crippen molar-refractivity contribution < 1.29 is 13.6 Å².